The van der Waals surface area contributed by atoms with Gasteiger partial charge >= 0.3 is 6.03 Å². The lowest BCUT2D eigenvalue weighted by Gasteiger charge is -2.33. The average molecular weight is 542 g/mol. The normalized spacial score (nSPS) is 16.5. The Kier molecular flexibility index (Phi) is 9.25. The third-order valence-corrected chi connectivity index (χ3v) is 7.82. The smallest absolute Gasteiger partial charge is 0.319 e. The Morgan fingerprint density at radius 3 is 2.15 bits per heavy atom. The van der Waals surface area contributed by atoms with E-state index in [1.54, 1.807) is 0 Å². The number of piperidine rings is 1. The van der Waals surface area contributed by atoms with Crippen molar-refractivity contribution in [1.29, 1.82) is 0 Å². The number of carbonyl (C=O) groups excluding carboxylic acids is 1. The number of phenols is 1. The molecule has 5 nitrogen and oxygen atoms in total. The first-order valence-corrected chi connectivity index (χ1v) is 14.7. The minimum atomic E-state index is -0.159. The summed E-state index contributed by atoms with van der Waals surface area (Å²) in [6, 6.07) is 22.9. The van der Waals surface area contributed by atoms with E-state index in [2.05, 4.69) is 99.5 Å². The summed E-state index contributed by atoms with van der Waals surface area (Å²) in [6.45, 7) is 15.7. The molecule has 0 spiro atoms. The molecule has 1 fully saturated rings. The van der Waals surface area contributed by atoms with Crippen LogP contribution in [0, 0.1) is 0 Å². The molecule has 5 heteroatoms. The van der Waals surface area contributed by atoms with E-state index >= 15 is 0 Å². The zero-order valence-corrected chi connectivity index (χ0v) is 25.2. The number of benzene rings is 3. The predicted octanol–water partition coefficient (Wildman–Crippen LogP) is 7.56. The van der Waals surface area contributed by atoms with Gasteiger partial charge in [0.1, 0.15) is 5.75 Å². The van der Waals surface area contributed by atoms with Crippen molar-refractivity contribution >= 4 is 11.7 Å². The quantitative estimate of drug-likeness (QED) is 0.289. The zero-order valence-electron chi connectivity index (χ0n) is 25.2. The summed E-state index contributed by atoms with van der Waals surface area (Å²) in [5.41, 5.74) is 6.11. The van der Waals surface area contributed by atoms with Crippen molar-refractivity contribution in [3.05, 3.63) is 94.5 Å². The van der Waals surface area contributed by atoms with E-state index in [1.807, 2.05) is 24.3 Å². The molecule has 1 unspecified atom stereocenters. The summed E-state index contributed by atoms with van der Waals surface area (Å²) in [7, 11) is 0. The van der Waals surface area contributed by atoms with E-state index in [-0.39, 0.29) is 22.9 Å². The summed E-state index contributed by atoms with van der Waals surface area (Å²) in [5, 5.41) is 17.4. The van der Waals surface area contributed by atoms with E-state index in [0.717, 1.165) is 67.7 Å². The second-order valence-corrected chi connectivity index (χ2v) is 13.4. The molecular formula is C35H47N3O2. The Hall–Kier alpha value is -3.31. The first-order chi connectivity index (χ1) is 18.9. The van der Waals surface area contributed by atoms with Gasteiger partial charge in [0.2, 0.25) is 0 Å². The number of rotatable bonds is 7. The summed E-state index contributed by atoms with van der Waals surface area (Å²) in [5.74, 6) is 0.410. The van der Waals surface area contributed by atoms with Crippen molar-refractivity contribution in [1.82, 2.24) is 10.2 Å². The number of hydrogen-bond acceptors (Lipinski definition) is 3. The molecule has 1 heterocycles. The van der Waals surface area contributed by atoms with Crippen LogP contribution in [0.3, 0.4) is 0 Å². The van der Waals surface area contributed by atoms with E-state index in [0.29, 0.717) is 5.75 Å². The van der Waals surface area contributed by atoms with Crippen molar-refractivity contribution in [2.24, 2.45) is 0 Å². The maximum Gasteiger partial charge on any atom is 0.319 e. The lowest BCUT2D eigenvalue weighted by atomic mass is 9.78. The Morgan fingerprint density at radius 2 is 1.50 bits per heavy atom. The fourth-order valence-electron chi connectivity index (χ4n) is 5.62. The Labute approximate surface area is 241 Å². The number of carbonyl (C=O) groups is 1. The fourth-order valence-corrected chi connectivity index (χ4v) is 5.62. The molecule has 2 amide bonds. The van der Waals surface area contributed by atoms with Crippen LogP contribution in [0.5, 0.6) is 5.75 Å². The van der Waals surface area contributed by atoms with Crippen LogP contribution in [-0.2, 0) is 30.2 Å². The number of phenolic OH excluding ortho intramolecular Hbond substituents is 1. The molecule has 1 saturated heterocycles. The van der Waals surface area contributed by atoms with Crippen LogP contribution in [0.2, 0.25) is 0 Å². The van der Waals surface area contributed by atoms with Gasteiger partial charge < -0.3 is 15.7 Å². The number of amides is 2. The second-order valence-electron chi connectivity index (χ2n) is 13.4. The molecule has 3 aromatic rings. The largest absolute Gasteiger partial charge is 0.507 e. The van der Waals surface area contributed by atoms with Gasteiger partial charge in [0.15, 0.2) is 0 Å². The first-order valence-electron chi connectivity index (χ1n) is 14.7. The number of urea groups is 1. The van der Waals surface area contributed by atoms with Crippen molar-refractivity contribution in [2.75, 3.05) is 18.4 Å². The number of likely N-dealkylation sites (tertiary alicyclic amines) is 1. The SMILES string of the molecule is CC(C)(C)c1cc(CCc2ccccc2NC(=O)NC2CCCN(Cc3ccccc3)C2)cc(C(C)(C)C)c1O. The molecule has 40 heavy (non-hydrogen) atoms. The molecule has 0 aromatic heterocycles. The van der Waals surface area contributed by atoms with Crippen LogP contribution in [0.15, 0.2) is 66.7 Å². The highest BCUT2D eigenvalue weighted by atomic mass is 16.3. The van der Waals surface area contributed by atoms with Gasteiger partial charge in [-0.2, -0.15) is 0 Å². The van der Waals surface area contributed by atoms with Crippen LogP contribution in [0.4, 0.5) is 10.5 Å². The van der Waals surface area contributed by atoms with Gasteiger partial charge in [0, 0.05) is 24.8 Å². The number of hydrogen-bond donors (Lipinski definition) is 3. The second kappa shape index (κ2) is 12.5. The highest BCUT2D eigenvalue weighted by Gasteiger charge is 2.27. The summed E-state index contributed by atoms with van der Waals surface area (Å²) < 4.78 is 0. The maximum absolute atomic E-state index is 13.1. The number of nitrogens with one attached hydrogen (secondary N) is 2. The number of para-hydroxylation sites is 1. The van der Waals surface area contributed by atoms with Crippen LogP contribution in [-0.4, -0.2) is 35.2 Å². The molecule has 0 aliphatic carbocycles. The first kappa shape index (κ1) is 29.7. The number of aromatic hydroxyl groups is 1. The summed E-state index contributed by atoms with van der Waals surface area (Å²) in [6.07, 6.45) is 3.69. The Morgan fingerprint density at radius 1 is 0.875 bits per heavy atom. The van der Waals surface area contributed by atoms with Gasteiger partial charge in [-0.3, -0.25) is 4.90 Å². The molecule has 1 aliphatic rings. The number of aryl methyl sites for hydroxylation is 2. The third-order valence-electron chi connectivity index (χ3n) is 7.82. The van der Waals surface area contributed by atoms with E-state index in [9.17, 15) is 9.90 Å². The monoisotopic (exact) mass is 541 g/mol. The minimum absolute atomic E-state index is 0.133. The maximum atomic E-state index is 13.1. The van der Waals surface area contributed by atoms with Gasteiger partial charge in [0.05, 0.1) is 0 Å². The van der Waals surface area contributed by atoms with Crippen LogP contribution in [0.25, 0.3) is 0 Å². The van der Waals surface area contributed by atoms with Crippen LogP contribution in [0.1, 0.15) is 82.2 Å². The van der Waals surface area contributed by atoms with Crippen molar-refractivity contribution in [3.8, 4) is 5.75 Å². The lowest BCUT2D eigenvalue weighted by molar-refractivity contribution is 0.183. The van der Waals surface area contributed by atoms with Gasteiger partial charge in [-0.15, -0.1) is 0 Å². The zero-order chi connectivity index (χ0) is 28.9. The Bertz CT molecular complexity index is 1250. The molecule has 4 rings (SSSR count). The lowest BCUT2D eigenvalue weighted by Crippen LogP contribution is -2.48. The molecular weight excluding hydrogens is 494 g/mol. The summed E-state index contributed by atoms with van der Waals surface area (Å²) >= 11 is 0. The number of anilines is 1. The van der Waals surface area contributed by atoms with Crippen molar-refractivity contribution in [3.63, 3.8) is 0 Å². The highest BCUT2D eigenvalue weighted by Crippen LogP contribution is 2.40. The molecule has 1 atom stereocenters. The van der Waals surface area contributed by atoms with Crippen molar-refractivity contribution in [2.45, 2.75) is 90.6 Å². The molecule has 3 aromatic carbocycles. The van der Waals surface area contributed by atoms with Crippen LogP contribution >= 0.6 is 0 Å². The van der Waals surface area contributed by atoms with Gasteiger partial charge in [-0.1, -0.05) is 102 Å². The molecule has 0 radical (unpaired) electrons. The molecule has 0 bridgehead atoms. The van der Waals surface area contributed by atoms with Gasteiger partial charge in [-0.05, 0) is 76.9 Å². The van der Waals surface area contributed by atoms with E-state index < -0.39 is 0 Å². The van der Waals surface area contributed by atoms with Crippen molar-refractivity contribution < 1.29 is 9.90 Å². The third kappa shape index (κ3) is 7.88. The van der Waals surface area contributed by atoms with Gasteiger partial charge in [0.25, 0.3) is 0 Å². The fraction of sp³-hybridized carbons (Fsp3) is 0.457. The standard InChI is InChI=1S/C35H47N3O2/c1-34(2,3)29-21-26(22-30(32(29)39)35(4,5)6)18-19-27-15-10-11-17-31(27)37-33(40)36-28-16-12-20-38(24-28)23-25-13-8-7-9-14-25/h7-11,13-15,17,21-22,28,39H,12,16,18-20,23-24H2,1-6H3,(H2,36,37,40). The van der Waals surface area contributed by atoms with Crippen LogP contribution < -0.4 is 10.6 Å². The molecule has 1 aliphatic heterocycles. The predicted molar refractivity (Wildman–Crippen MR) is 166 cm³/mol. The topological polar surface area (TPSA) is 64.6 Å². The minimum Gasteiger partial charge on any atom is -0.507 e. The highest BCUT2D eigenvalue weighted by molar-refractivity contribution is 5.90. The molecule has 3 N–H and O–H groups in total. The molecule has 214 valence electrons. The van der Waals surface area contributed by atoms with E-state index in [4.69, 9.17) is 0 Å². The number of nitrogens with zero attached hydrogens (tertiary/aromatic N) is 1. The van der Waals surface area contributed by atoms with E-state index in [1.165, 1.54) is 11.1 Å². The van der Waals surface area contributed by atoms with Gasteiger partial charge in [-0.25, -0.2) is 4.79 Å². The summed E-state index contributed by atoms with van der Waals surface area (Å²) in [4.78, 5) is 15.5. The molecule has 0 saturated carbocycles. The average Bonchev–Trinajstić information content (AvgIpc) is 2.88. The Balaban J connectivity index is 1.41.